The first kappa shape index (κ1) is 16.3. The predicted octanol–water partition coefficient (Wildman–Crippen LogP) is 2.41. The summed E-state index contributed by atoms with van der Waals surface area (Å²) in [4.78, 5) is 2.38. The molecule has 1 aromatic carbocycles. The van der Waals surface area contributed by atoms with Crippen LogP contribution in [0.4, 0.5) is 0 Å². The second-order valence-corrected chi connectivity index (χ2v) is 5.77. The van der Waals surface area contributed by atoms with E-state index in [0.29, 0.717) is 12.1 Å². The van der Waals surface area contributed by atoms with Crippen LogP contribution < -0.4 is 10.1 Å². The second-order valence-electron chi connectivity index (χ2n) is 5.77. The van der Waals surface area contributed by atoms with E-state index in [1.165, 1.54) is 11.1 Å². The number of hydrogen-bond donors (Lipinski definition) is 1. The molecule has 0 bridgehead atoms. The lowest BCUT2D eigenvalue weighted by molar-refractivity contribution is 0.0811. The summed E-state index contributed by atoms with van der Waals surface area (Å²) in [5.41, 5.74) is 2.55. The highest BCUT2D eigenvalue weighted by atomic mass is 16.5. The van der Waals surface area contributed by atoms with Gasteiger partial charge >= 0.3 is 0 Å². The van der Waals surface area contributed by atoms with Gasteiger partial charge in [-0.3, -0.25) is 4.90 Å². The first-order valence-electron chi connectivity index (χ1n) is 7.84. The number of likely N-dealkylation sites (N-methyl/N-ethyl adjacent to an activating group) is 1. The van der Waals surface area contributed by atoms with Crippen molar-refractivity contribution < 1.29 is 9.47 Å². The summed E-state index contributed by atoms with van der Waals surface area (Å²) >= 11 is 0. The lowest BCUT2D eigenvalue weighted by atomic mass is 10.1. The molecule has 2 unspecified atom stereocenters. The van der Waals surface area contributed by atoms with Crippen LogP contribution in [0.5, 0.6) is 5.75 Å². The van der Waals surface area contributed by atoms with E-state index >= 15 is 0 Å². The summed E-state index contributed by atoms with van der Waals surface area (Å²) in [7, 11) is 3.91. The maximum Gasteiger partial charge on any atom is 0.123 e. The summed E-state index contributed by atoms with van der Waals surface area (Å²) in [6, 6.07) is 6.95. The highest BCUT2D eigenvalue weighted by Crippen LogP contribution is 2.25. The largest absolute Gasteiger partial charge is 0.496 e. The Hall–Kier alpha value is -1.10. The number of nitrogens with one attached hydrogen (secondary N) is 1. The maximum absolute atomic E-state index is 5.67. The van der Waals surface area contributed by atoms with Gasteiger partial charge < -0.3 is 14.8 Å². The van der Waals surface area contributed by atoms with Crippen molar-refractivity contribution in [1.82, 2.24) is 10.2 Å². The van der Waals surface area contributed by atoms with Crippen LogP contribution >= 0.6 is 0 Å². The van der Waals surface area contributed by atoms with Crippen LogP contribution in [0, 0.1) is 0 Å². The minimum atomic E-state index is 0.311. The summed E-state index contributed by atoms with van der Waals surface area (Å²) in [6.45, 7) is 7.93. The number of methoxy groups -OCH3 is 1. The zero-order valence-electron chi connectivity index (χ0n) is 13.7. The Morgan fingerprint density at radius 2 is 2.24 bits per heavy atom. The van der Waals surface area contributed by atoms with E-state index in [4.69, 9.17) is 9.47 Å². The van der Waals surface area contributed by atoms with Gasteiger partial charge in [0.25, 0.3) is 0 Å². The maximum atomic E-state index is 5.67. The van der Waals surface area contributed by atoms with E-state index in [2.05, 4.69) is 49.3 Å². The lowest BCUT2D eigenvalue weighted by Gasteiger charge is -2.27. The minimum absolute atomic E-state index is 0.311. The van der Waals surface area contributed by atoms with Crippen molar-refractivity contribution >= 4 is 0 Å². The molecule has 21 heavy (non-hydrogen) atoms. The number of rotatable bonds is 7. The van der Waals surface area contributed by atoms with Gasteiger partial charge in [-0.25, -0.2) is 0 Å². The topological polar surface area (TPSA) is 33.7 Å². The van der Waals surface area contributed by atoms with Crippen LogP contribution in [0.2, 0.25) is 0 Å². The van der Waals surface area contributed by atoms with Crippen LogP contribution in [0.3, 0.4) is 0 Å². The molecular formula is C17H28N2O2. The minimum Gasteiger partial charge on any atom is -0.496 e. The van der Waals surface area contributed by atoms with Crippen molar-refractivity contribution in [3.05, 3.63) is 29.3 Å². The third kappa shape index (κ3) is 4.19. The Morgan fingerprint density at radius 3 is 2.86 bits per heavy atom. The van der Waals surface area contributed by atoms with E-state index in [1.54, 1.807) is 7.11 Å². The summed E-state index contributed by atoms with van der Waals surface area (Å²) < 4.78 is 11.2. The quantitative estimate of drug-likeness (QED) is 0.837. The molecule has 2 atom stereocenters. The Kier molecular flexibility index (Phi) is 6.03. The zero-order valence-corrected chi connectivity index (χ0v) is 13.7. The highest BCUT2D eigenvalue weighted by Gasteiger charge is 2.28. The molecule has 1 fully saturated rings. The third-order valence-electron chi connectivity index (χ3n) is 4.25. The number of benzene rings is 1. The molecule has 1 saturated heterocycles. The van der Waals surface area contributed by atoms with Gasteiger partial charge in [0.1, 0.15) is 5.75 Å². The number of nitrogens with zero attached hydrogens (tertiary/aromatic N) is 1. The molecule has 0 aliphatic carbocycles. The Bertz CT molecular complexity index is 450. The average Bonchev–Trinajstić information content (AvgIpc) is 2.91. The molecule has 4 nitrogen and oxygen atoms in total. The monoisotopic (exact) mass is 292 g/mol. The summed E-state index contributed by atoms with van der Waals surface area (Å²) in [5.74, 6) is 0.966. The molecule has 4 heteroatoms. The van der Waals surface area contributed by atoms with Crippen LogP contribution in [-0.4, -0.2) is 44.4 Å². The van der Waals surface area contributed by atoms with Gasteiger partial charge in [0.15, 0.2) is 0 Å². The summed E-state index contributed by atoms with van der Waals surface area (Å²) in [5, 5.41) is 3.37. The fraction of sp³-hybridized carbons (Fsp3) is 0.647. The molecule has 118 valence electrons. The molecule has 1 aromatic rings. The molecular weight excluding hydrogens is 264 g/mol. The fourth-order valence-corrected chi connectivity index (χ4v) is 3.02. The van der Waals surface area contributed by atoms with Crippen LogP contribution in [0.15, 0.2) is 18.2 Å². The smallest absolute Gasteiger partial charge is 0.123 e. The summed E-state index contributed by atoms with van der Waals surface area (Å²) in [6.07, 6.45) is 1.42. The van der Waals surface area contributed by atoms with E-state index < -0.39 is 0 Å². The molecule has 2 rings (SSSR count). The lowest BCUT2D eigenvalue weighted by Crippen LogP contribution is -2.36. The van der Waals surface area contributed by atoms with Gasteiger partial charge in [0.05, 0.1) is 13.2 Å². The molecule has 1 heterocycles. The number of hydrogen-bond acceptors (Lipinski definition) is 4. The van der Waals surface area contributed by atoms with Gasteiger partial charge in [-0.05, 0) is 44.6 Å². The number of ether oxygens (including phenoxy) is 2. The first-order valence-corrected chi connectivity index (χ1v) is 7.84. The zero-order chi connectivity index (χ0) is 15.2. The van der Waals surface area contributed by atoms with E-state index in [0.717, 1.165) is 38.4 Å². The molecule has 0 spiro atoms. The van der Waals surface area contributed by atoms with Crippen molar-refractivity contribution in [1.29, 1.82) is 0 Å². The molecule has 0 aromatic heterocycles. The SMILES string of the molecule is CCNCc1ccc(OC)c(CN(C)C2CCOC2C)c1. The van der Waals surface area contributed by atoms with Crippen molar-refractivity contribution in [2.24, 2.45) is 0 Å². The molecule has 1 aliphatic heterocycles. The molecule has 1 aliphatic rings. The van der Waals surface area contributed by atoms with Crippen molar-refractivity contribution in [2.45, 2.75) is 45.5 Å². The third-order valence-corrected chi connectivity index (χ3v) is 4.25. The Labute approximate surface area is 128 Å². The Morgan fingerprint density at radius 1 is 1.43 bits per heavy atom. The molecule has 0 radical (unpaired) electrons. The highest BCUT2D eigenvalue weighted by molar-refractivity contribution is 5.37. The van der Waals surface area contributed by atoms with Crippen molar-refractivity contribution in [2.75, 3.05) is 27.3 Å². The standard InChI is InChI=1S/C17H28N2O2/c1-5-18-11-14-6-7-17(20-4)15(10-14)12-19(3)16-8-9-21-13(16)2/h6-7,10,13,16,18H,5,8-9,11-12H2,1-4H3. The first-order chi connectivity index (χ1) is 10.2. The van der Waals surface area contributed by atoms with Crippen molar-refractivity contribution in [3.8, 4) is 5.75 Å². The van der Waals surface area contributed by atoms with Gasteiger partial charge in [-0.15, -0.1) is 0 Å². The molecule has 1 N–H and O–H groups in total. The van der Waals surface area contributed by atoms with Gasteiger partial charge in [-0.1, -0.05) is 13.0 Å². The van der Waals surface area contributed by atoms with E-state index in [-0.39, 0.29) is 0 Å². The second kappa shape index (κ2) is 7.78. The average molecular weight is 292 g/mol. The Balaban J connectivity index is 2.09. The van der Waals surface area contributed by atoms with E-state index in [1.807, 2.05) is 0 Å². The van der Waals surface area contributed by atoms with Crippen LogP contribution in [0.1, 0.15) is 31.4 Å². The predicted molar refractivity (Wildman–Crippen MR) is 85.7 cm³/mol. The van der Waals surface area contributed by atoms with Crippen LogP contribution in [0.25, 0.3) is 0 Å². The van der Waals surface area contributed by atoms with Gasteiger partial charge in [0, 0.05) is 31.3 Å². The van der Waals surface area contributed by atoms with Gasteiger partial charge in [0.2, 0.25) is 0 Å². The van der Waals surface area contributed by atoms with Crippen LogP contribution in [-0.2, 0) is 17.8 Å². The normalized spacial score (nSPS) is 22.0. The molecule has 0 saturated carbocycles. The molecule has 0 amide bonds. The fourth-order valence-electron chi connectivity index (χ4n) is 3.02. The van der Waals surface area contributed by atoms with Gasteiger partial charge in [-0.2, -0.15) is 0 Å². The van der Waals surface area contributed by atoms with E-state index in [9.17, 15) is 0 Å². The van der Waals surface area contributed by atoms with Crippen molar-refractivity contribution in [3.63, 3.8) is 0 Å².